The summed E-state index contributed by atoms with van der Waals surface area (Å²) in [5.74, 6) is 0. The Labute approximate surface area is 63.5 Å². The molecule has 0 saturated carbocycles. The molecule has 66 valence electrons. The number of halogens is 3. The van der Waals surface area contributed by atoms with Crippen LogP contribution in [0.3, 0.4) is 0 Å². The summed E-state index contributed by atoms with van der Waals surface area (Å²) in [7, 11) is 0. The van der Waals surface area contributed by atoms with Gasteiger partial charge in [-0.3, -0.25) is 0 Å². The van der Waals surface area contributed by atoms with E-state index >= 15 is 0 Å². The summed E-state index contributed by atoms with van der Waals surface area (Å²) < 4.78 is 39.6. The van der Waals surface area contributed by atoms with Gasteiger partial charge in [-0.1, -0.05) is 6.42 Å². The summed E-state index contributed by atoms with van der Waals surface area (Å²) in [6.45, 7) is 0.742. The quantitative estimate of drug-likeness (QED) is 0.464. The molecule has 0 amide bonds. The van der Waals surface area contributed by atoms with Crippen molar-refractivity contribution in [1.82, 2.24) is 0 Å². The van der Waals surface area contributed by atoms with Gasteiger partial charge in [0, 0.05) is 6.42 Å². The average Bonchev–Trinajstić information content (AvgIpc) is 2.60. The summed E-state index contributed by atoms with van der Waals surface area (Å²) in [4.78, 5) is 0. The first-order valence-electron chi connectivity index (χ1n) is 3.76. The summed E-state index contributed by atoms with van der Waals surface area (Å²) in [6.07, 6.45) is -2.71. The molecule has 1 fully saturated rings. The van der Waals surface area contributed by atoms with Crippen LogP contribution in [0.15, 0.2) is 0 Å². The van der Waals surface area contributed by atoms with Crippen LogP contribution >= 0.6 is 0 Å². The zero-order chi connectivity index (χ0) is 8.32. The number of alkyl halides is 3. The topological polar surface area (TPSA) is 12.5 Å². The van der Waals surface area contributed by atoms with E-state index in [4.69, 9.17) is 4.74 Å². The maximum atomic E-state index is 11.6. The lowest BCUT2D eigenvalue weighted by Crippen LogP contribution is -2.06. The molecule has 4 heteroatoms. The molecule has 0 radical (unpaired) electrons. The Morgan fingerprint density at radius 2 is 1.91 bits per heavy atom. The predicted molar refractivity (Wildman–Crippen MR) is 34.3 cm³/mol. The van der Waals surface area contributed by atoms with Crippen molar-refractivity contribution in [3.8, 4) is 0 Å². The molecule has 0 aromatic heterocycles. The van der Waals surface area contributed by atoms with E-state index in [2.05, 4.69) is 0 Å². The lowest BCUT2D eigenvalue weighted by atomic mass is 10.1. The Kier molecular flexibility index (Phi) is 2.76. The maximum Gasteiger partial charge on any atom is 0.389 e. The number of hydrogen-bond donors (Lipinski definition) is 0. The van der Waals surface area contributed by atoms with Gasteiger partial charge in [0.05, 0.1) is 12.7 Å². The molecule has 1 saturated heterocycles. The molecule has 1 atom stereocenters. The van der Waals surface area contributed by atoms with Crippen LogP contribution in [0, 0.1) is 0 Å². The fraction of sp³-hybridized carbons (Fsp3) is 1.00. The van der Waals surface area contributed by atoms with Gasteiger partial charge in [-0.05, 0) is 12.8 Å². The van der Waals surface area contributed by atoms with Crippen molar-refractivity contribution in [3.63, 3.8) is 0 Å². The second-order valence-electron chi connectivity index (χ2n) is 2.82. The maximum absolute atomic E-state index is 11.6. The molecule has 1 rings (SSSR count). The van der Waals surface area contributed by atoms with E-state index in [0.717, 1.165) is 13.0 Å². The first kappa shape index (κ1) is 8.84. The molecule has 1 aliphatic rings. The zero-order valence-corrected chi connectivity index (χ0v) is 6.16. The van der Waals surface area contributed by atoms with E-state index in [1.54, 1.807) is 0 Å². The van der Waals surface area contributed by atoms with Gasteiger partial charge in [0.25, 0.3) is 0 Å². The minimum atomic E-state index is -3.98. The van der Waals surface area contributed by atoms with Crippen LogP contribution in [0.1, 0.15) is 25.7 Å². The molecule has 0 spiro atoms. The molecule has 0 bridgehead atoms. The second-order valence-corrected chi connectivity index (χ2v) is 2.82. The molecule has 0 aromatic rings. The Morgan fingerprint density at radius 3 is 2.36 bits per heavy atom. The van der Waals surface area contributed by atoms with E-state index in [0.29, 0.717) is 6.42 Å². The predicted octanol–water partition coefficient (Wildman–Crippen LogP) is 2.51. The van der Waals surface area contributed by atoms with Crippen LogP contribution < -0.4 is 0 Å². The van der Waals surface area contributed by atoms with E-state index in [1.807, 2.05) is 0 Å². The van der Waals surface area contributed by atoms with Crippen molar-refractivity contribution in [3.05, 3.63) is 0 Å². The Hall–Kier alpha value is -0.250. The third kappa shape index (κ3) is 5.07. The fourth-order valence-corrected chi connectivity index (χ4v) is 0.932. The lowest BCUT2D eigenvalue weighted by molar-refractivity contribution is -0.135. The van der Waals surface area contributed by atoms with E-state index in [1.165, 1.54) is 0 Å². The second kappa shape index (κ2) is 3.43. The molecular weight excluding hydrogens is 157 g/mol. The number of rotatable bonds is 4. The van der Waals surface area contributed by atoms with E-state index in [9.17, 15) is 13.2 Å². The molecular formula is C7H11F3O. The molecule has 1 heterocycles. The molecule has 0 aliphatic carbocycles. The van der Waals surface area contributed by atoms with Gasteiger partial charge in [0.2, 0.25) is 0 Å². The first-order chi connectivity index (χ1) is 5.08. The van der Waals surface area contributed by atoms with E-state index in [-0.39, 0.29) is 12.5 Å². The van der Waals surface area contributed by atoms with Gasteiger partial charge in [-0.25, -0.2) is 0 Å². The standard InChI is InChI=1S/C7H11F3O/c8-7(9,10)4-2-1-3-6-5-11-6/h6H,1-5H2. The van der Waals surface area contributed by atoms with Crippen LogP contribution in [-0.2, 0) is 4.74 Å². The number of ether oxygens (including phenoxy) is 1. The monoisotopic (exact) mass is 168 g/mol. The largest absolute Gasteiger partial charge is 0.389 e. The highest BCUT2D eigenvalue weighted by Gasteiger charge is 2.27. The highest BCUT2D eigenvalue weighted by atomic mass is 19.4. The van der Waals surface area contributed by atoms with Crippen LogP contribution in [0.4, 0.5) is 13.2 Å². The lowest BCUT2D eigenvalue weighted by Gasteiger charge is -2.03. The fourth-order valence-electron chi connectivity index (χ4n) is 0.932. The normalized spacial score (nSPS) is 23.7. The zero-order valence-electron chi connectivity index (χ0n) is 6.16. The van der Waals surface area contributed by atoms with Crippen molar-refractivity contribution in [2.24, 2.45) is 0 Å². The number of hydrogen-bond acceptors (Lipinski definition) is 1. The summed E-state index contributed by atoms with van der Waals surface area (Å²) in [6, 6.07) is 0. The van der Waals surface area contributed by atoms with Gasteiger partial charge in [-0.15, -0.1) is 0 Å². The van der Waals surface area contributed by atoms with Crippen molar-refractivity contribution in [1.29, 1.82) is 0 Å². The Morgan fingerprint density at radius 1 is 1.27 bits per heavy atom. The average molecular weight is 168 g/mol. The van der Waals surface area contributed by atoms with Crippen LogP contribution in [0.2, 0.25) is 0 Å². The summed E-state index contributed by atoms with van der Waals surface area (Å²) >= 11 is 0. The van der Waals surface area contributed by atoms with Crippen molar-refractivity contribution < 1.29 is 17.9 Å². The Bertz CT molecular complexity index is 117. The molecule has 1 unspecified atom stereocenters. The Balaban J connectivity index is 1.87. The van der Waals surface area contributed by atoms with E-state index < -0.39 is 12.6 Å². The molecule has 1 aliphatic heterocycles. The van der Waals surface area contributed by atoms with Crippen molar-refractivity contribution in [2.45, 2.75) is 38.0 Å². The van der Waals surface area contributed by atoms with Crippen LogP contribution in [0.25, 0.3) is 0 Å². The molecule has 11 heavy (non-hydrogen) atoms. The highest BCUT2D eigenvalue weighted by Crippen LogP contribution is 2.24. The van der Waals surface area contributed by atoms with Gasteiger partial charge >= 0.3 is 6.18 Å². The number of epoxide rings is 1. The number of unbranched alkanes of at least 4 members (excludes halogenated alkanes) is 1. The van der Waals surface area contributed by atoms with Gasteiger partial charge in [-0.2, -0.15) is 13.2 Å². The molecule has 1 nitrogen and oxygen atoms in total. The third-order valence-electron chi connectivity index (χ3n) is 1.64. The minimum absolute atomic E-state index is 0.239. The van der Waals surface area contributed by atoms with Gasteiger partial charge in [0.1, 0.15) is 0 Å². The molecule has 0 N–H and O–H groups in total. The summed E-state index contributed by atoms with van der Waals surface area (Å²) in [5.41, 5.74) is 0. The highest BCUT2D eigenvalue weighted by molar-refractivity contribution is 4.68. The van der Waals surface area contributed by atoms with Crippen LogP contribution in [0.5, 0.6) is 0 Å². The third-order valence-corrected chi connectivity index (χ3v) is 1.64. The smallest absolute Gasteiger partial charge is 0.373 e. The SMILES string of the molecule is FC(F)(F)CCCCC1CO1. The molecule has 0 aromatic carbocycles. The van der Waals surface area contributed by atoms with Crippen molar-refractivity contribution in [2.75, 3.05) is 6.61 Å². The van der Waals surface area contributed by atoms with Gasteiger partial charge in [0.15, 0.2) is 0 Å². The van der Waals surface area contributed by atoms with Gasteiger partial charge < -0.3 is 4.74 Å². The first-order valence-corrected chi connectivity index (χ1v) is 3.76. The summed E-state index contributed by atoms with van der Waals surface area (Å²) in [5, 5.41) is 0. The van der Waals surface area contributed by atoms with Crippen LogP contribution in [-0.4, -0.2) is 18.9 Å². The minimum Gasteiger partial charge on any atom is -0.373 e. The van der Waals surface area contributed by atoms with Crippen molar-refractivity contribution >= 4 is 0 Å².